The third-order valence-corrected chi connectivity index (χ3v) is 3.73. The van der Waals surface area contributed by atoms with Crippen LogP contribution in [0.15, 0.2) is 24.3 Å². The van der Waals surface area contributed by atoms with Crippen molar-refractivity contribution < 1.29 is 14.3 Å². The van der Waals surface area contributed by atoms with Crippen molar-refractivity contribution in [3.8, 4) is 11.8 Å². The van der Waals surface area contributed by atoms with E-state index in [2.05, 4.69) is 15.4 Å². The molecule has 1 aromatic heterocycles. The fraction of sp³-hybridized carbons (Fsp3) is 0.353. The Balaban J connectivity index is 2.41. The second kappa shape index (κ2) is 7.97. The lowest BCUT2D eigenvalue weighted by atomic mass is 10.1. The van der Waals surface area contributed by atoms with E-state index in [1.807, 2.05) is 20.8 Å². The molecule has 1 amide bonds. The number of nitrogens with one attached hydrogen (secondary N) is 1. The maximum absolute atomic E-state index is 13.0. The van der Waals surface area contributed by atoms with Crippen molar-refractivity contribution in [1.82, 2.24) is 15.0 Å². The topological polar surface area (TPSA) is 76.6 Å². The summed E-state index contributed by atoms with van der Waals surface area (Å²) in [7, 11) is 2.96. The summed E-state index contributed by atoms with van der Waals surface area (Å²) in [6.45, 7) is 5.59. The number of anilines is 1. The SMILES string of the molecule is COc1cc(OC)nc(NN(C(=O)c2cc(Cl)cc(Cl)c2)C(C)(C)C)n1. The zero-order chi connectivity index (χ0) is 19.5. The third-order valence-electron chi connectivity index (χ3n) is 3.29. The van der Waals surface area contributed by atoms with E-state index in [0.29, 0.717) is 27.4 Å². The van der Waals surface area contributed by atoms with Crippen molar-refractivity contribution in [1.29, 1.82) is 0 Å². The normalized spacial score (nSPS) is 11.0. The molecular weight excluding hydrogens is 379 g/mol. The summed E-state index contributed by atoms with van der Waals surface area (Å²) < 4.78 is 10.3. The van der Waals surface area contributed by atoms with Crippen molar-refractivity contribution in [2.45, 2.75) is 26.3 Å². The summed E-state index contributed by atoms with van der Waals surface area (Å²) in [6.07, 6.45) is 0. The lowest BCUT2D eigenvalue weighted by molar-refractivity contribution is 0.0649. The second-order valence-electron chi connectivity index (χ2n) is 6.36. The lowest BCUT2D eigenvalue weighted by Gasteiger charge is -2.35. The van der Waals surface area contributed by atoms with Gasteiger partial charge in [0, 0.05) is 15.6 Å². The van der Waals surface area contributed by atoms with Gasteiger partial charge >= 0.3 is 0 Å². The monoisotopic (exact) mass is 398 g/mol. The van der Waals surface area contributed by atoms with Gasteiger partial charge in [-0.2, -0.15) is 9.97 Å². The standard InChI is InChI=1S/C17H20Cl2N4O3/c1-17(2,3)23(15(24)10-6-11(18)8-12(19)7-10)22-16-20-13(25-4)9-14(21-16)26-5/h6-9H,1-5H3,(H,20,21,22). The predicted octanol–water partition coefficient (Wildman–Crippen LogP) is 4.07. The van der Waals surface area contributed by atoms with Gasteiger partial charge < -0.3 is 9.47 Å². The molecule has 0 spiro atoms. The fourth-order valence-electron chi connectivity index (χ4n) is 2.09. The highest BCUT2D eigenvalue weighted by molar-refractivity contribution is 6.35. The molecule has 0 bridgehead atoms. The number of nitrogens with zero attached hydrogens (tertiary/aromatic N) is 3. The Hall–Kier alpha value is -2.25. The predicted molar refractivity (Wildman–Crippen MR) is 101 cm³/mol. The highest BCUT2D eigenvalue weighted by Crippen LogP contribution is 2.25. The number of hydrogen-bond donors (Lipinski definition) is 1. The fourth-order valence-corrected chi connectivity index (χ4v) is 2.62. The van der Waals surface area contributed by atoms with E-state index in [4.69, 9.17) is 32.7 Å². The molecule has 0 fully saturated rings. The molecule has 0 saturated carbocycles. The number of halogens is 2. The average Bonchev–Trinajstić information content (AvgIpc) is 2.56. The molecule has 0 aliphatic rings. The number of rotatable bonds is 5. The number of aromatic nitrogens is 2. The van der Waals surface area contributed by atoms with Crippen molar-refractivity contribution in [3.05, 3.63) is 39.9 Å². The molecule has 2 rings (SSSR count). The van der Waals surface area contributed by atoms with Crippen LogP contribution in [0.3, 0.4) is 0 Å². The first-order valence-electron chi connectivity index (χ1n) is 7.68. The van der Waals surface area contributed by atoms with Crippen LogP contribution in [-0.4, -0.2) is 40.6 Å². The van der Waals surface area contributed by atoms with Gasteiger partial charge in [-0.15, -0.1) is 0 Å². The number of carbonyl (C=O) groups is 1. The molecule has 0 radical (unpaired) electrons. The Kier molecular flexibility index (Phi) is 6.15. The zero-order valence-corrected chi connectivity index (χ0v) is 16.6. The molecule has 9 heteroatoms. The van der Waals surface area contributed by atoms with Crippen LogP contribution in [0.25, 0.3) is 0 Å². The van der Waals surface area contributed by atoms with E-state index in [-0.39, 0.29) is 11.9 Å². The van der Waals surface area contributed by atoms with Crippen molar-refractivity contribution in [2.24, 2.45) is 0 Å². The average molecular weight is 399 g/mol. The second-order valence-corrected chi connectivity index (χ2v) is 7.23. The molecule has 26 heavy (non-hydrogen) atoms. The van der Waals surface area contributed by atoms with Gasteiger partial charge in [0.05, 0.1) is 25.8 Å². The van der Waals surface area contributed by atoms with Gasteiger partial charge in [0.1, 0.15) is 0 Å². The van der Waals surface area contributed by atoms with Gasteiger partial charge in [0.25, 0.3) is 5.91 Å². The molecule has 1 heterocycles. The van der Waals surface area contributed by atoms with Gasteiger partial charge in [0.15, 0.2) is 0 Å². The van der Waals surface area contributed by atoms with Crippen molar-refractivity contribution >= 4 is 35.1 Å². The first-order chi connectivity index (χ1) is 12.1. The van der Waals surface area contributed by atoms with Crippen LogP contribution in [-0.2, 0) is 0 Å². The van der Waals surface area contributed by atoms with Crippen molar-refractivity contribution in [2.75, 3.05) is 19.6 Å². The molecule has 0 unspecified atom stereocenters. The number of ether oxygens (including phenoxy) is 2. The first-order valence-corrected chi connectivity index (χ1v) is 8.44. The van der Waals surface area contributed by atoms with Gasteiger partial charge in [-0.05, 0) is 39.0 Å². The van der Waals surface area contributed by atoms with Gasteiger partial charge in [-0.3, -0.25) is 10.2 Å². The quantitative estimate of drug-likeness (QED) is 0.764. The minimum absolute atomic E-state index is 0.151. The maximum atomic E-state index is 13.0. The van der Waals surface area contributed by atoms with Crippen LogP contribution in [0.2, 0.25) is 10.0 Å². The Labute approximate surface area is 162 Å². The molecule has 0 aliphatic heterocycles. The summed E-state index contributed by atoms with van der Waals surface area (Å²) >= 11 is 12.0. The molecule has 0 aliphatic carbocycles. The summed E-state index contributed by atoms with van der Waals surface area (Å²) in [5.41, 5.74) is 2.65. The van der Waals surface area contributed by atoms with Crippen LogP contribution >= 0.6 is 23.2 Å². The molecular formula is C17H20Cl2N4O3. The van der Waals surface area contributed by atoms with Gasteiger partial charge in [-0.25, -0.2) is 5.01 Å². The Morgan fingerprint density at radius 3 is 1.92 bits per heavy atom. The molecule has 2 aromatic rings. The minimum atomic E-state index is -0.606. The highest BCUT2D eigenvalue weighted by atomic mass is 35.5. The molecule has 1 aromatic carbocycles. The number of hydrogen-bond acceptors (Lipinski definition) is 6. The summed E-state index contributed by atoms with van der Waals surface area (Å²) in [6, 6.07) is 6.18. The molecule has 7 nitrogen and oxygen atoms in total. The third kappa shape index (κ3) is 4.89. The minimum Gasteiger partial charge on any atom is -0.481 e. The number of carbonyl (C=O) groups excluding carboxylic acids is 1. The number of amides is 1. The van der Waals surface area contributed by atoms with E-state index >= 15 is 0 Å². The lowest BCUT2D eigenvalue weighted by Crippen LogP contribution is -2.49. The Bertz CT molecular complexity index is 767. The van der Waals surface area contributed by atoms with Crippen molar-refractivity contribution in [3.63, 3.8) is 0 Å². The number of hydrazine groups is 1. The summed E-state index contributed by atoms with van der Waals surface area (Å²) in [5, 5.41) is 2.13. The highest BCUT2D eigenvalue weighted by Gasteiger charge is 2.29. The number of methoxy groups -OCH3 is 2. The van der Waals surface area contributed by atoms with Crippen LogP contribution in [0.4, 0.5) is 5.95 Å². The molecule has 0 saturated heterocycles. The smallest absolute Gasteiger partial charge is 0.272 e. The van der Waals surface area contributed by atoms with Gasteiger partial charge in [-0.1, -0.05) is 23.2 Å². The number of benzene rings is 1. The first kappa shape index (κ1) is 20.1. The van der Waals surface area contributed by atoms with Crippen LogP contribution in [0.1, 0.15) is 31.1 Å². The van der Waals surface area contributed by atoms with E-state index in [0.717, 1.165) is 0 Å². The van der Waals surface area contributed by atoms with E-state index in [1.54, 1.807) is 18.2 Å². The van der Waals surface area contributed by atoms with Crippen LogP contribution in [0.5, 0.6) is 11.8 Å². The maximum Gasteiger partial charge on any atom is 0.272 e. The van der Waals surface area contributed by atoms with Crippen LogP contribution in [0, 0.1) is 0 Å². The van der Waals surface area contributed by atoms with E-state index in [9.17, 15) is 4.79 Å². The van der Waals surface area contributed by atoms with Gasteiger partial charge in [0.2, 0.25) is 17.7 Å². The Morgan fingerprint density at radius 2 is 1.50 bits per heavy atom. The molecule has 1 N–H and O–H groups in total. The molecule has 0 atom stereocenters. The zero-order valence-electron chi connectivity index (χ0n) is 15.1. The summed E-state index contributed by atoms with van der Waals surface area (Å²) in [5.74, 6) is 0.405. The summed E-state index contributed by atoms with van der Waals surface area (Å²) in [4.78, 5) is 21.4. The largest absolute Gasteiger partial charge is 0.481 e. The Morgan fingerprint density at radius 1 is 1.00 bits per heavy atom. The van der Waals surface area contributed by atoms with Crippen LogP contribution < -0.4 is 14.9 Å². The van der Waals surface area contributed by atoms with E-state index in [1.165, 1.54) is 25.3 Å². The van der Waals surface area contributed by atoms with E-state index < -0.39 is 5.54 Å². The molecule has 140 valence electrons.